The molecule has 0 bridgehead atoms. The first-order valence-corrected chi connectivity index (χ1v) is 9.31. The van der Waals surface area contributed by atoms with Crippen molar-refractivity contribution in [2.24, 2.45) is 7.05 Å². The summed E-state index contributed by atoms with van der Waals surface area (Å²) in [4.78, 5) is 4.95. The van der Waals surface area contributed by atoms with Gasteiger partial charge in [-0.2, -0.15) is 5.10 Å². The van der Waals surface area contributed by atoms with Crippen LogP contribution in [-0.2, 0) is 7.05 Å². The summed E-state index contributed by atoms with van der Waals surface area (Å²) in [6, 6.07) is 17.5. The van der Waals surface area contributed by atoms with Gasteiger partial charge in [-0.15, -0.1) is 0 Å². The molecule has 0 saturated carbocycles. The Morgan fingerprint density at radius 2 is 1.62 bits per heavy atom. The largest absolute Gasteiger partial charge is 0.317 e. The maximum atomic E-state index is 4.95. The lowest BCUT2D eigenvalue weighted by Crippen LogP contribution is -2.27. The van der Waals surface area contributed by atoms with Crippen molar-refractivity contribution in [1.29, 1.82) is 0 Å². The second-order valence-corrected chi connectivity index (χ2v) is 7.24. The van der Waals surface area contributed by atoms with Crippen LogP contribution in [0.5, 0.6) is 0 Å². The van der Waals surface area contributed by atoms with Crippen LogP contribution >= 0.6 is 0 Å². The zero-order valence-corrected chi connectivity index (χ0v) is 14.9. The lowest BCUT2D eigenvalue weighted by atomic mass is 9.93. The Morgan fingerprint density at radius 1 is 0.885 bits per heavy atom. The predicted octanol–water partition coefficient (Wildman–Crippen LogP) is 4.26. The second-order valence-electron chi connectivity index (χ2n) is 7.24. The molecule has 1 aliphatic heterocycles. The van der Waals surface area contributed by atoms with Crippen LogP contribution in [0.4, 0.5) is 0 Å². The van der Waals surface area contributed by atoms with Gasteiger partial charge in [0.1, 0.15) is 0 Å². The van der Waals surface area contributed by atoms with E-state index in [0.717, 1.165) is 24.1 Å². The molecule has 0 atom stereocenters. The van der Waals surface area contributed by atoms with Gasteiger partial charge in [0.15, 0.2) is 0 Å². The molecule has 2 aromatic carbocycles. The highest BCUT2D eigenvalue weighted by atomic mass is 15.2. The van der Waals surface area contributed by atoms with Crippen LogP contribution in [0, 0.1) is 0 Å². The van der Waals surface area contributed by atoms with Gasteiger partial charge >= 0.3 is 0 Å². The number of aromatic nitrogens is 3. The van der Waals surface area contributed by atoms with Crippen LogP contribution in [0.3, 0.4) is 0 Å². The van der Waals surface area contributed by atoms with Crippen molar-refractivity contribution in [2.75, 3.05) is 13.1 Å². The molecular formula is C22H22N4. The first-order valence-electron chi connectivity index (χ1n) is 9.31. The lowest BCUT2D eigenvalue weighted by Gasteiger charge is -2.22. The minimum atomic E-state index is 0.591. The minimum absolute atomic E-state index is 0.591. The number of piperidine rings is 1. The quantitative estimate of drug-likeness (QED) is 0.592. The summed E-state index contributed by atoms with van der Waals surface area (Å²) in [5, 5.41) is 10.3. The zero-order valence-electron chi connectivity index (χ0n) is 14.9. The highest BCUT2D eigenvalue weighted by Crippen LogP contribution is 2.29. The fourth-order valence-electron chi connectivity index (χ4n) is 3.99. The van der Waals surface area contributed by atoms with Crippen LogP contribution in [-0.4, -0.2) is 27.9 Å². The molecule has 1 fully saturated rings. The van der Waals surface area contributed by atoms with Crippen molar-refractivity contribution in [1.82, 2.24) is 20.1 Å². The van der Waals surface area contributed by atoms with Crippen molar-refractivity contribution in [3.63, 3.8) is 0 Å². The number of hydrogen-bond acceptors (Lipinski definition) is 3. The topological polar surface area (TPSA) is 42.7 Å². The number of rotatable bonds is 2. The van der Waals surface area contributed by atoms with Crippen molar-refractivity contribution < 1.29 is 0 Å². The van der Waals surface area contributed by atoms with E-state index in [0.29, 0.717) is 5.92 Å². The maximum Gasteiger partial charge on any atom is 0.0923 e. The van der Waals surface area contributed by atoms with Crippen molar-refractivity contribution >= 4 is 21.8 Å². The molecule has 3 heterocycles. The molecule has 0 amide bonds. The summed E-state index contributed by atoms with van der Waals surface area (Å²) in [5.74, 6) is 0.591. The number of fused-ring (bicyclic) bond motifs is 2. The van der Waals surface area contributed by atoms with E-state index in [2.05, 4.69) is 65.1 Å². The van der Waals surface area contributed by atoms with E-state index in [1.54, 1.807) is 0 Å². The molecule has 1 saturated heterocycles. The first kappa shape index (κ1) is 15.5. The van der Waals surface area contributed by atoms with E-state index in [-0.39, 0.29) is 0 Å². The Kier molecular flexibility index (Phi) is 3.71. The molecule has 4 aromatic rings. The summed E-state index contributed by atoms with van der Waals surface area (Å²) in [7, 11) is 1.96. The van der Waals surface area contributed by atoms with Crippen molar-refractivity contribution in [2.45, 2.75) is 18.8 Å². The molecule has 5 rings (SSSR count). The van der Waals surface area contributed by atoms with Gasteiger partial charge in [-0.05, 0) is 67.4 Å². The van der Waals surface area contributed by atoms with Crippen LogP contribution in [0.15, 0.2) is 54.7 Å². The van der Waals surface area contributed by atoms with Gasteiger partial charge in [0, 0.05) is 35.6 Å². The van der Waals surface area contributed by atoms with Gasteiger partial charge in [0.25, 0.3) is 0 Å². The Hall–Kier alpha value is -2.72. The highest BCUT2D eigenvalue weighted by Gasteiger charge is 2.16. The zero-order chi connectivity index (χ0) is 17.5. The third-order valence-electron chi connectivity index (χ3n) is 5.42. The molecule has 2 aromatic heterocycles. The molecule has 4 nitrogen and oxygen atoms in total. The highest BCUT2D eigenvalue weighted by molar-refractivity contribution is 5.88. The SMILES string of the molecule is Cn1cc2cc(-c3ccc4nc(C5CCNCC5)ccc4c3)ccc2n1. The molecule has 0 aliphatic carbocycles. The average molecular weight is 342 g/mol. The van der Waals surface area contributed by atoms with Crippen LogP contribution < -0.4 is 5.32 Å². The molecule has 1 N–H and O–H groups in total. The summed E-state index contributed by atoms with van der Waals surface area (Å²) in [5.41, 5.74) is 5.80. The molecule has 26 heavy (non-hydrogen) atoms. The standard InChI is InChI=1S/C22H22N4/c1-26-14-19-13-17(3-7-22(19)25-26)16-2-5-21-18(12-16)4-6-20(24-21)15-8-10-23-11-9-15/h2-7,12-15,23H,8-11H2,1H3. The van der Waals surface area contributed by atoms with Gasteiger partial charge < -0.3 is 5.32 Å². The number of nitrogens with one attached hydrogen (secondary N) is 1. The third-order valence-corrected chi connectivity index (χ3v) is 5.42. The van der Waals surface area contributed by atoms with E-state index in [1.165, 1.54) is 40.4 Å². The Balaban J connectivity index is 1.52. The number of benzene rings is 2. The number of aryl methyl sites for hydroxylation is 1. The normalized spacial score (nSPS) is 15.7. The van der Waals surface area contributed by atoms with Gasteiger partial charge in [0.05, 0.1) is 11.0 Å². The lowest BCUT2D eigenvalue weighted by molar-refractivity contribution is 0.454. The average Bonchev–Trinajstić information content (AvgIpc) is 3.07. The minimum Gasteiger partial charge on any atom is -0.317 e. The Morgan fingerprint density at radius 3 is 2.42 bits per heavy atom. The number of pyridine rings is 1. The molecule has 0 radical (unpaired) electrons. The molecular weight excluding hydrogens is 320 g/mol. The molecule has 130 valence electrons. The first-order chi connectivity index (χ1) is 12.8. The van der Waals surface area contributed by atoms with E-state index < -0.39 is 0 Å². The summed E-state index contributed by atoms with van der Waals surface area (Å²) in [6.07, 6.45) is 4.43. The smallest absolute Gasteiger partial charge is 0.0923 e. The van der Waals surface area contributed by atoms with E-state index in [4.69, 9.17) is 4.98 Å². The summed E-state index contributed by atoms with van der Waals surface area (Å²) in [6.45, 7) is 2.19. The van der Waals surface area contributed by atoms with Gasteiger partial charge in [0.2, 0.25) is 0 Å². The number of hydrogen-bond donors (Lipinski definition) is 1. The fourth-order valence-corrected chi connectivity index (χ4v) is 3.99. The molecule has 4 heteroatoms. The Labute approximate surface area is 152 Å². The fraction of sp³-hybridized carbons (Fsp3) is 0.273. The molecule has 0 spiro atoms. The molecule has 0 unspecified atom stereocenters. The summed E-state index contributed by atoms with van der Waals surface area (Å²) >= 11 is 0. The van der Waals surface area contributed by atoms with Gasteiger partial charge in [-0.1, -0.05) is 18.2 Å². The van der Waals surface area contributed by atoms with Crippen molar-refractivity contribution in [3.05, 3.63) is 60.4 Å². The van der Waals surface area contributed by atoms with Gasteiger partial charge in [-0.25, -0.2) is 0 Å². The van der Waals surface area contributed by atoms with Gasteiger partial charge in [-0.3, -0.25) is 9.67 Å². The monoisotopic (exact) mass is 342 g/mol. The number of nitrogens with zero attached hydrogens (tertiary/aromatic N) is 3. The maximum absolute atomic E-state index is 4.95. The Bertz CT molecular complexity index is 1090. The van der Waals surface area contributed by atoms with Crippen molar-refractivity contribution in [3.8, 4) is 11.1 Å². The van der Waals surface area contributed by atoms with E-state index in [9.17, 15) is 0 Å². The van der Waals surface area contributed by atoms with Crippen LogP contribution in [0.2, 0.25) is 0 Å². The molecule has 1 aliphatic rings. The second kappa shape index (κ2) is 6.22. The summed E-state index contributed by atoms with van der Waals surface area (Å²) < 4.78 is 1.86. The van der Waals surface area contributed by atoms with Crippen LogP contribution in [0.25, 0.3) is 32.9 Å². The van der Waals surface area contributed by atoms with E-state index in [1.807, 2.05) is 11.7 Å². The van der Waals surface area contributed by atoms with E-state index >= 15 is 0 Å². The third kappa shape index (κ3) is 2.76. The predicted molar refractivity (Wildman–Crippen MR) is 106 cm³/mol. The van der Waals surface area contributed by atoms with Crippen LogP contribution in [0.1, 0.15) is 24.5 Å².